The second-order valence-corrected chi connectivity index (χ2v) is 4.46. The molecule has 0 aliphatic carbocycles. The van der Waals surface area contributed by atoms with Gasteiger partial charge in [-0.05, 0) is 24.5 Å². The highest BCUT2D eigenvalue weighted by molar-refractivity contribution is 6.32. The molecule has 0 aromatic heterocycles. The van der Waals surface area contributed by atoms with Crippen LogP contribution in [0.1, 0.15) is 49.8 Å². The lowest BCUT2D eigenvalue weighted by molar-refractivity contribution is 0.581. The van der Waals surface area contributed by atoms with Gasteiger partial charge in [0.25, 0.3) is 0 Å². The average molecular weight is 226 g/mol. The summed E-state index contributed by atoms with van der Waals surface area (Å²) >= 11 is 6.22. The Balaban J connectivity index is 2.65. The van der Waals surface area contributed by atoms with Crippen LogP contribution in [0, 0.1) is 6.92 Å². The van der Waals surface area contributed by atoms with Crippen LogP contribution in [0.25, 0.3) is 0 Å². The highest BCUT2D eigenvalue weighted by Crippen LogP contribution is 2.27. The average Bonchev–Trinajstić information content (AvgIpc) is 2.22. The number of nitrogens with two attached hydrogens (primary N) is 1. The van der Waals surface area contributed by atoms with Gasteiger partial charge in [0, 0.05) is 11.1 Å². The molecule has 0 bridgehead atoms. The molecule has 84 valence electrons. The Kier molecular flexibility index (Phi) is 5.13. The predicted molar refractivity (Wildman–Crippen MR) is 67.3 cm³/mol. The Morgan fingerprint density at radius 1 is 1.33 bits per heavy atom. The lowest BCUT2D eigenvalue weighted by Crippen LogP contribution is -2.11. The third-order valence-corrected chi connectivity index (χ3v) is 3.26. The maximum Gasteiger partial charge on any atom is 0.0482 e. The predicted octanol–water partition coefficient (Wildman–Crippen LogP) is 4.23. The Morgan fingerprint density at radius 3 is 2.73 bits per heavy atom. The van der Waals surface area contributed by atoms with E-state index < -0.39 is 0 Å². The van der Waals surface area contributed by atoms with Crippen LogP contribution in [0.15, 0.2) is 18.2 Å². The minimum Gasteiger partial charge on any atom is -0.324 e. The molecule has 1 nitrogen and oxygen atoms in total. The van der Waals surface area contributed by atoms with Crippen LogP contribution < -0.4 is 5.73 Å². The Labute approximate surface area is 97.6 Å². The third-order valence-electron chi connectivity index (χ3n) is 2.74. The summed E-state index contributed by atoms with van der Waals surface area (Å²) in [6, 6.07) is 6.16. The summed E-state index contributed by atoms with van der Waals surface area (Å²) in [5, 5.41) is 0.835. The van der Waals surface area contributed by atoms with Crippen molar-refractivity contribution in [3.8, 4) is 0 Å². The molecule has 2 heteroatoms. The molecular formula is C13H20ClN. The summed E-state index contributed by atoms with van der Waals surface area (Å²) in [5.41, 5.74) is 8.32. The molecule has 0 saturated heterocycles. The van der Waals surface area contributed by atoms with E-state index in [-0.39, 0.29) is 6.04 Å². The van der Waals surface area contributed by atoms with Gasteiger partial charge >= 0.3 is 0 Å². The molecule has 1 unspecified atom stereocenters. The first-order valence-corrected chi connectivity index (χ1v) is 6.05. The monoisotopic (exact) mass is 225 g/mol. The van der Waals surface area contributed by atoms with Gasteiger partial charge in [0.2, 0.25) is 0 Å². The molecule has 0 radical (unpaired) electrons. The normalized spacial score (nSPS) is 12.8. The minimum absolute atomic E-state index is 0.0870. The van der Waals surface area contributed by atoms with E-state index in [4.69, 9.17) is 17.3 Å². The first-order chi connectivity index (χ1) is 7.16. The molecule has 0 aliphatic heterocycles. The Bertz CT molecular complexity index is 309. The van der Waals surface area contributed by atoms with Crippen LogP contribution in [0.5, 0.6) is 0 Å². The van der Waals surface area contributed by atoms with Gasteiger partial charge in [-0.1, -0.05) is 56.0 Å². The SMILES string of the molecule is CCCCCC(N)c1cccc(C)c1Cl. The van der Waals surface area contributed by atoms with Crippen LogP contribution in [0.3, 0.4) is 0 Å². The first kappa shape index (κ1) is 12.5. The van der Waals surface area contributed by atoms with Gasteiger partial charge in [0.05, 0.1) is 0 Å². The second kappa shape index (κ2) is 6.14. The first-order valence-electron chi connectivity index (χ1n) is 5.67. The number of halogens is 1. The zero-order chi connectivity index (χ0) is 11.3. The zero-order valence-electron chi connectivity index (χ0n) is 9.59. The van der Waals surface area contributed by atoms with E-state index in [1.165, 1.54) is 19.3 Å². The molecule has 0 saturated carbocycles. The van der Waals surface area contributed by atoms with E-state index in [9.17, 15) is 0 Å². The molecule has 2 N–H and O–H groups in total. The second-order valence-electron chi connectivity index (χ2n) is 4.08. The summed E-state index contributed by atoms with van der Waals surface area (Å²) in [5.74, 6) is 0. The molecule has 0 heterocycles. The van der Waals surface area contributed by atoms with E-state index >= 15 is 0 Å². The molecule has 1 atom stereocenters. The topological polar surface area (TPSA) is 26.0 Å². The van der Waals surface area contributed by atoms with Gasteiger partial charge in [-0.3, -0.25) is 0 Å². The fourth-order valence-corrected chi connectivity index (χ4v) is 1.99. The number of rotatable bonds is 5. The lowest BCUT2D eigenvalue weighted by atomic mass is 10.00. The van der Waals surface area contributed by atoms with Crippen molar-refractivity contribution in [3.63, 3.8) is 0 Å². The largest absolute Gasteiger partial charge is 0.324 e. The van der Waals surface area contributed by atoms with Crippen molar-refractivity contribution in [2.45, 2.75) is 45.6 Å². The van der Waals surface area contributed by atoms with E-state index in [0.29, 0.717) is 0 Å². The summed E-state index contributed by atoms with van der Waals surface area (Å²) in [4.78, 5) is 0. The van der Waals surface area contributed by atoms with Crippen molar-refractivity contribution in [1.82, 2.24) is 0 Å². The fourth-order valence-electron chi connectivity index (χ4n) is 1.73. The van der Waals surface area contributed by atoms with E-state index in [2.05, 4.69) is 6.92 Å². The van der Waals surface area contributed by atoms with Gasteiger partial charge in [0.15, 0.2) is 0 Å². The highest BCUT2D eigenvalue weighted by Gasteiger charge is 2.10. The summed E-state index contributed by atoms with van der Waals surface area (Å²) in [6.07, 6.45) is 4.68. The molecule has 1 aromatic rings. The minimum atomic E-state index is 0.0870. The standard InChI is InChI=1S/C13H20ClN/c1-3-4-5-9-12(15)11-8-6-7-10(2)13(11)14/h6-8,12H,3-5,9,15H2,1-2H3. The van der Waals surface area contributed by atoms with Crippen molar-refractivity contribution >= 4 is 11.6 Å². The van der Waals surface area contributed by atoms with Gasteiger partial charge < -0.3 is 5.73 Å². The van der Waals surface area contributed by atoms with Gasteiger partial charge in [-0.2, -0.15) is 0 Å². The van der Waals surface area contributed by atoms with Gasteiger partial charge in [-0.15, -0.1) is 0 Å². The molecule has 0 aliphatic rings. The number of benzene rings is 1. The highest BCUT2D eigenvalue weighted by atomic mass is 35.5. The lowest BCUT2D eigenvalue weighted by Gasteiger charge is -2.14. The third kappa shape index (κ3) is 3.51. The number of hydrogen-bond acceptors (Lipinski definition) is 1. The fraction of sp³-hybridized carbons (Fsp3) is 0.538. The van der Waals surface area contributed by atoms with Gasteiger partial charge in [-0.25, -0.2) is 0 Å². The van der Waals surface area contributed by atoms with Crippen LogP contribution in [0.4, 0.5) is 0 Å². The molecule has 0 fully saturated rings. The van der Waals surface area contributed by atoms with E-state index in [1.807, 2.05) is 25.1 Å². The van der Waals surface area contributed by atoms with Crippen molar-refractivity contribution in [2.75, 3.05) is 0 Å². The quantitative estimate of drug-likeness (QED) is 0.746. The Morgan fingerprint density at radius 2 is 2.07 bits per heavy atom. The number of unbranched alkanes of at least 4 members (excludes halogenated alkanes) is 2. The summed E-state index contributed by atoms with van der Waals surface area (Å²) in [6.45, 7) is 4.22. The van der Waals surface area contributed by atoms with Gasteiger partial charge in [0.1, 0.15) is 0 Å². The summed E-state index contributed by atoms with van der Waals surface area (Å²) in [7, 11) is 0. The van der Waals surface area contributed by atoms with Crippen molar-refractivity contribution < 1.29 is 0 Å². The van der Waals surface area contributed by atoms with Crippen molar-refractivity contribution in [1.29, 1.82) is 0 Å². The molecular weight excluding hydrogens is 206 g/mol. The Hall–Kier alpha value is -0.530. The number of aryl methyl sites for hydroxylation is 1. The summed E-state index contributed by atoms with van der Waals surface area (Å²) < 4.78 is 0. The molecule has 1 aromatic carbocycles. The maximum absolute atomic E-state index is 6.22. The van der Waals surface area contributed by atoms with Crippen LogP contribution in [-0.2, 0) is 0 Å². The molecule has 15 heavy (non-hydrogen) atoms. The van der Waals surface area contributed by atoms with Crippen molar-refractivity contribution in [2.24, 2.45) is 5.73 Å². The van der Waals surface area contributed by atoms with Crippen molar-refractivity contribution in [3.05, 3.63) is 34.3 Å². The molecule has 0 amide bonds. The van der Waals surface area contributed by atoms with Crippen LogP contribution in [-0.4, -0.2) is 0 Å². The van der Waals surface area contributed by atoms with Crippen LogP contribution >= 0.6 is 11.6 Å². The molecule has 1 rings (SSSR count). The maximum atomic E-state index is 6.22. The molecule has 0 spiro atoms. The number of hydrogen-bond donors (Lipinski definition) is 1. The van der Waals surface area contributed by atoms with E-state index in [0.717, 1.165) is 22.6 Å². The van der Waals surface area contributed by atoms with E-state index in [1.54, 1.807) is 0 Å². The zero-order valence-corrected chi connectivity index (χ0v) is 10.3. The van der Waals surface area contributed by atoms with Crippen LogP contribution in [0.2, 0.25) is 5.02 Å². The smallest absolute Gasteiger partial charge is 0.0482 e.